The van der Waals surface area contributed by atoms with E-state index in [2.05, 4.69) is 30.3 Å². The van der Waals surface area contributed by atoms with Crippen LogP contribution in [0.25, 0.3) is 0 Å². The largest absolute Gasteiger partial charge is 0.353 e. The van der Waals surface area contributed by atoms with E-state index in [0.29, 0.717) is 0 Å². The van der Waals surface area contributed by atoms with Gasteiger partial charge in [-0.3, -0.25) is 0 Å². The maximum Gasteiger partial charge on any atom is 0.157 e. The Hall–Kier alpha value is -0.860. The minimum absolute atomic E-state index is 0.0803. The summed E-state index contributed by atoms with van der Waals surface area (Å²) >= 11 is 0. The third kappa shape index (κ3) is 3.95. The standard InChI is InChI=1S/C14H20O2/c1-2-7-13(8-3-1)9-4-5-11-15-14-10-6-12-16-14/h1-3,7-8,14H,4-6,9-12H2/t14-/m1/s1. The molecule has 1 heterocycles. The van der Waals surface area contributed by atoms with Crippen molar-refractivity contribution in [3.05, 3.63) is 35.9 Å². The van der Waals surface area contributed by atoms with Crippen molar-refractivity contribution in [2.75, 3.05) is 13.2 Å². The van der Waals surface area contributed by atoms with Gasteiger partial charge in [-0.2, -0.15) is 0 Å². The summed E-state index contributed by atoms with van der Waals surface area (Å²) in [6, 6.07) is 10.6. The van der Waals surface area contributed by atoms with Crippen LogP contribution in [0, 0.1) is 0 Å². The van der Waals surface area contributed by atoms with Crippen LogP contribution in [0.4, 0.5) is 0 Å². The molecule has 2 nitrogen and oxygen atoms in total. The monoisotopic (exact) mass is 220 g/mol. The van der Waals surface area contributed by atoms with Crippen LogP contribution in [0.3, 0.4) is 0 Å². The summed E-state index contributed by atoms with van der Waals surface area (Å²) in [4.78, 5) is 0. The lowest BCUT2D eigenvalue weighted by Crippen LogP contribution is -2.11. The number of rotatable bonds is 6. The highest BCUT2D eigenvalue weighted by molar-refractivity contribution is 5.14. The average molecular weight is 220 g/mol. The zero-order valence-corrected chi connectivity index (χ0v) is 9.73. The minimum atomic E-state index is 0.0803. The molecule has 0 saturated carbocycles. The Labute approximate surface area is 97.6 Å². The fraction of sp³-hybridized carbons (Fsp3) is 0.571. The number of hydrogen-bond donors (Lipinski definition) is 0. The lowest BCUT2D eigenvalue weighted by molar-refractivity contribution is -0.111. The van der Waals surface area contributed by atoms with Crippen LogP contribution in [0.15, 0.2) is 30.3 Å². The maximum absolute atomic E-state index is 5.62. The predicted molar refractivity (Wildman–Crippen MR) is 64.3 cm³/mol. The Kier molecular flexibility index (Phi) is 4.84. The second kappa shape index (κ2) is 6.66. The smallest absolute Gasteiger partial charge is 0.157 e. The molecule has 16 heavy (non-hydrogen) atoms. The van der Waals surface area contributed by atoms with Gasteiger partial charge >= 0.3 is 0 Å². The first-order valence-electron chi connectivity index (χ1n) is 6.22. The van der Waals surface area contributed by atoms with Gasteiger partial charge in [-0.25, -0.2) is 0 Å². The highest BCUT2D eigenvalue weighted by atomic mass is 16.7. The molecule has 1 aliphatic heterocycles. The molecule has 1 saturated heterocycles. The molecule has 2 rings (SSSR count). The van der Waals surface area contributed by atoms with Crippen molar-refractivity contribution in [2.45, 2.75) is 38.4 Å². The van der Waals surface area contributed by atoms with Crippen molar-refractivity contribution in [1.29, 1.82) is 0 Å². The Morgan fingerprint density at radius 2 is 2.06 bits per heavy atom. The van der Waals surface area contributed by atoms with E-state index in [1.54, 1.807) is 0 Å². The van der Waals surface area contributed by atoms with Gasteiger partial charge in [0.15, 0.2) is 6.29 Å². The number of aryl methyl sites for hydroxylation is 1. The summed E-state index contributed by atoms with van der Waals surface area (Å²) < 4.78 is 11.0. The van der Waals surface area contributed by atoms with Gasteiger partial charge in [0.05, 0.1) is 0 Å². The quantitative estimate of drug-likeness (QED) is 0.686. The molecule has 0 aromatic heterocycles. The average Bonchev–Trinajstić information content (AvgIpc) is 2.83. The van der Waals surface area contributed by atoms with Crippen LogP contribution in [-0.4, -0.2) is 19.5 Å². The van der Waals surface area contributed by atoms with Gasteiger partial charge in [-0.15, -0.1) is 0 Å². The molecule has 0 amide bonds. The zero-order valence-electron chi connectivity index (χ0n) is 9.73. The lowest BCUT2D eigenvalue weighted by Gasteiger charge is -2.10. The molecule has 0 spiro atoms. The summed E-state index contributed by atoms with van der Waals surface area (Å²) in [7, 11) is 0. The Morgan fingerprint density at radius 3 is 2.81 bits per heavy atom. The van der Waals surface area contributed by atoms with E-state index in [9.17, 15) is 0 Å². The van der Waals surface area contributed by atoms with Crippen LogP contribution in [0.2, 0.25) is 0 Å². The summed E-state index contributed by atoms with van der Waals surface area (Å²) in [5.41, 5.74) is 1.42. The summed E-state index contributed by atoms with van der Waals surface area (Å²) in [5, 5.41) is 0. The van der Waals surface area contributed by atoms with Crippen LogP contribution in [0.1, 0.15) is 31.2 Å². The van der Waals surface area contributed by atoms with Gasteiger partial charge in [-0.1, -0.05) is 30.3 Å². The van der Waals surface area contributed by atoms with E-state index in [-0.39, 0.29) is 6.29 Å². The molecule has 88 valence electrons. The van der Waals surface area contributed by atoms with Gasteiger partial charge in [0, 0.05) is 19.6 Å². The minimum Gasteiger partial charge on any atom is -0.353 e. The Morgan fingerprint density at radius 1 is 1.19 bits per heavy atom. The van der Waals surface area contributed by atoms with Gasteiger partial charge in [0.1, 0.15) is 0 Å². The Bertz CT molecular complexity index is 278. The molecule has 1 aromatic rings. The second-order valence-electron chi connectivity index (χ2n) is 4.26. The normalized spacial score (nSPS) is 20.1. The third-order valence-corrected chi connectivity index (χ3v) is 2.89. The summed E-state index contributed by atoms with van der Waals surface area (Å²) in [6.45, 7) is 1.70. The molecule has 1 aliphatic rings. The highest BCUT2D eigenvalue weighted by Gasteiger charge is 2.14. The highest BCUT2D eigenvalue weighted by Crippen LogP contribution is 2.13. The van der Waals surface area contributed by atoms with Crippen molar-refractivity contribution in [3.8, 4) is 0 Å². The molecule has 1 atom stereocenters. The van der Waals surface area contributed by atoms with Crippen molar-refractivity contribution in [2.24, 2.45) is 0 Å². The van der Waals surface area contributed by atoms with Gasteiger partial charge in [0.25, 0.3) is 0 Å². The number of ether oxygens (including phenoxy) is 2. The van der Waals surface area contributed by atoms with Gasteiger partial charge in [0.2, 0.25) is 0 Å². The van der Waals surface area contributed by atoms with Crippen molar-refractivity contribution < 1.29 is 9.47 Å². The van der Waals surface area contributed by atoms with Crippen molar-refractivity contribution >= 4 is 0 Å². The lowest BCUT2D eigenvalue weighted by atomic mass is 10.1. The topological polar surface area (TPSA) is 18.5 Å². The van der Waals surface area contributed by atoms with Crippen LogP contribution >= 0.6 is 0 Å². The van der Waals surface area contributed by atoms with Gasteiger partial charge < -0.3 is 9.47 Å². The first-order chi connectivity index (χ1) is 7.95. The molecule has 0 aliphatic carbocycles. The molecular formula is C14H20O2. The van der Waals surface area contributed by atoms with Crippen LogP contribution in [0.5, 0.6) is 0 Å². The van der Waals surface area contributed by atoms with E-state index >= 15 is 0 Å². The molecule has 0 bridgehead atoms. The molecule has 0 N–H and O–H groups in total. The number of hydrogen-bond acceptors (Lipinski definition) is 2. The molecule has 0 radical (unpaired) electrons. The molecule has 1 aromatic carbocycles. The fourth-order valence-corrected chi connectivity index (χ4v) is 1.97. The third-order valence-electron chi connectivity index (χ3n) is 2.89. The van der Waals surface area contributed by atoms with E-state index < -0.39 is 0 Å². The molecule has 0 unspecified atom stereocenters. The SMILES string of the molecule is c1ccc(CCCCO[C@H]2CCCO2)cc1. The number of benzene rings is 1. The van der Waals surface area contributed by atoms with Crippen LogP contribution in [-0.2, 0) is 15.9 Å². The number of unbranched alkanes of at least 4 members (excludes halogenated alkanes) is 1. The molecule has 1 fully saturated rings. The van der Waals surface area contributed by atoms with E-state index in [4.69, 9.17) is 9.47 Å². The van der Waals surface area contributed by atoms with Crippen molar-refractivity contribution in [1.82, 2.24) is 0 Å². The molecular weight excluding hydrogens is 200 g/mol. The van der Waals surface area contributed by atoms with E-state index in [1.807, 2.05) is 0 Å². The van der Waals surface area contributed by atoms with E-state index in [1.165, 1.54) is 12.0 Å². The van der Waals surface area contributed by atoms with Crippen molar-refractivity contribution in [3.63, 3.8) is 0 Å². The zero-order chi connectivity index (χ0) is 11.1. The van der Waals surface area contributed by atoms with Gasteiger partial charge in [-0.05, 0) is 31.2 Å². The maximum atomic E-state index is 5.62. The first kappa shape index (κ1) is 11.6. The predicted octanol–water partition coefficient (Wildman–Crippen LogP) is 3.16. The summed E-state index contributed by atoms with van der Waals surface area (Å²) in [6.07, 6.45) is 5.76. The summed E-state index contributed by atoms with van der Waals surface area (Å²) in [5.74, 6) is 0. The van der Waals surface area contributed by atoms with E-state index in [0.717, 1.165) is 38.9 Å². The first-order valence-corrected chi connectivity index (χ1v) is 6.22. The Balaban J connectivity index is 1.52. The molecule has 2 heteroatoms. The second-order valence-corrected chi connectivity index (χ2v) is 4.26. The van der Waals surface area contributed by atoms with Crippen LogP contribution < -0.4 is 0 Å². The fourth-order valence-electron chi connectivity index (χ4n) is 1.97.